The predicted molar refractivity (Wildman–Crippen MR) is 76.5 cm³/mol. The van der Waals surface area contributed by atoms with Crippen molar-refractivity contribution in [2.45, 2.75) is 12.3 Å². The SMILES string of the molecule is NS(=O)(=O)Cc1ccc(NCc2ccc(O)cn2)cc1. The molecule has 20 heavy (non-hydrogen) atoms. The number of benzene rings is 1. The van der Waals surface area contributed by atoms with Crippen molar-refractivity contribution < 1.29 is 13.5 Å². The Morgan fingerprint density at radius 1 is 1.15 bits per heavy atom. The molecule has 0 spiro atoms. The van der Waals surface area contributed by atoms with E-state index in [1.165, 1.54) is 6.20 Å². The van der Waals surface area contributed by atoms with Crippen LogP contribution in [0.25, 0.3) is 0 Å². The highest BCUT2D eigenvalue weighted by Gasteiger charge is 2.04. The number of nitrogens with zero attached hydrogens (tertiary/aromatic N) is 1. The number of aromatic nitrogens is 1. The second kappa shape index (κ2) is 5.89. The van der Waals surface area contributed by atoms with Crippen molar-refractivity contribution in [2.24, 2.45) is 5.14 Å². The second-order valence-corrected chi connectivity index (χ2v) is 5.98. The molecule has 6 nitrogen and oxygen atoms in total. The minimum absolute atomic E-state index is 0.126. The van der Waals surface area contributed by atoms with E-state index in [-0.39, 0.29) is 11.5 Å². The molecule has 0 atom stereocenters. The fraction of sp³-hybridized carbons (Fsp3) is 0.154. The maximum Gasteiger partial charge on any atom is 0.213 e. The average Bonchev–Trinajstić information content (AvgIpc) is 2.38. The smallest absolute Gasteiger partial charge is 0.213 e. The summed E-state index contributed by atoms with van der Waals surface area (Å²) in [6, 6.07) is 10.3. The molecule has 7 heteroatoms. The third kappa shape index (κ3) is 4.52. The van der Waals surface area contributed by atoms with E-state index in [2.05, 4.69) is 10.3 Å². The van der Waals surface area contributed by atoms with Gasteiger partial charge in [0.2, 0.25) is 10.0 Å². The monoisotopic (exact) mass is 293 g/mol. The van der Waals surface area contributed by atoms with Crippen LogP contribution in [0.5, 0.6) is 5.75 Å². The summed E-state index contributed by atoms with van der Waals surface area (Å²) in [5.41, 5.74) is 2.27. The molecule has 0 saturated heterocycles. The molecular weight excluding hydrogens is 278 g/mol. The van der Waals surface area contributed by atoms with Crippen LogP contribution in [-0.4, -0.2) is 18.5 Å². The zero-order valence-electron chi connectivity index (χ0n) is 10.7. The van der Waals surface area contributed by atoms with Crippen LogP contribution in [0.3, 0.4) is 0 Å². The Morgan fingerprint density at radius 3 is 2.40 bits per heavy atom. The Morgan fingerprint density at radius 2 is 1.85 bits per heavy atom. The van der Waals surface area contributed by atoms with Gasteiger partial charge in [0.05, 0.1) is 24.2 Å². The van der Waals surface area contributed by atoms with Gasteiger partial charge in [-0.1, -0.05) is 12.1 Å². The fourth-order valence-electron chi connectivity index (χ4n) is 1.67. The standard InChI is InChI=1S/C13H15N3O3S/c14-20(18,19)9-10-1-3-11(4-2-10)15-7-12-5-6-13(17)8-16-12/h1-6,8,15,17H,7,9H2,(H2,14,18,19). The van der Waals surface area contributed by atoms with E-state index in [1.54, 1.807) is 36.4 Å². The molecule has 1 aromatic carbocycles. The lowest BCUT2D eigenvalue weighted by molar-refractivity contribution is 0.472. The average molecular weight is 293 g/mol. The quantitative estimate of drug-likeness (QED) is 0.768. The topological polar surface area (TPSA) is 105 Å². The molecule has 0 aliphatic heterocycles. The molecule has 1 aromatic heterocycles. The van der Waals surface area contributed by atoms with Crippen LogP contribution in [0.4, 0.5) is 5.69 Å². The largest absolute Gasteiger partial charge is 0.506 e. The Balaban J connectivity index is 1.95. The van der Waals surface area contributed by atoms with Crippen LogP contribution in [0.2, 0.25) is 0 Å². The van der Waals surface area contributed by atoms with Gasteiger partial charge < -0.3 is 10.4 Å². The summed E-state index contributed by atoms with van der Waals surface area (Å²) >= 11 is 0. The van der Waals surface area contributed by atoms with E-state index in [9.17, 15) is 8.42 Å². The van der Waals surface area contributed by atoms with Gasteiger partial charge in [-0.15, -0.1) is 0 Å². The predicted octanol–water partition coefficient (Wildman–Crippen LogP) is 1.19. The van der Waals surface area contributed by atoms with Crippen molar-refractivity contribution in [3.05, 3.63) is 53.9 Å². The van der Waals surface area contributed by atoms with Crippen LogP contribution < -0.4 is 10.5 Å². The van der Waals surface area contributed by atoms with Gasteiger partial charge in [0.25, 0.3) is 0 Å². The third-order valence-corrected chi connectivity index (χ3v) is 3.34. The van der Waals surface area contributed by atoms with E-state index in [1.807, 2.05) is 0 Å². The van der Waals surface area contributed by atoms with Gasteiger partial charge in [-0.3, -0.25) is 4.98 Å². The number of pyridine rings is 1. The third-order valence-electron chi connectivity index (χ3n) is 2.60. The van der Waals surface area contributed by atoms with E-state index >= 15 is 0 Å². The Labute approximate surface area is 117 Å². The maximum absolute atomic E-state index is 11.0. The van der Waals surface area contributed by atoms with Gasteiger partial charge in [0.15, 0.2) is 0 Å². The molecule has 0 saturated carbocycles. The van der Waals surface area contributed by atoms with Crippen LogP contribution >= 0.6 is 0 Å². The molecule has 0 bridgehead atoms. The van der Waals surface area contributed by atoms with Gasteiger partial charge >= 0.3 is 0 Å². The Hall–Kier alpha value is -2.12. The lowest BCUT2D eigenvalue weighted by Crippen LogP contribution is -2.14. The summed E-state index contributed by atoms with van der Waals surface area (Å²) in [6.07, 6.45) is 1.38. The number of rotatable bonds is 5. The zero-order valence-corrected chi connectivity index (χ0v) is 11.5. The van der Waals surface area contributed by atoms with Gasteiger partial charge in [0, 0.05) is 5.69 Å². The number of nitrogens with one attached hydrogen (secondary N) is 1. The summed E-state index contributed by atoms with van der Waals surface area (Å²) in [5.74, 6) is -0.0478. The molecule has 1 heterocycles. The first-order valence-electron chi connectivity index (χ1n) is 5.89. The van der Waals surface area contributed by atoms with Gasteiger partial charge in [0.1, 0.15) is 5.75 Å². The van der Waals surface area contributed by atoms with E-state index < -0.39 is 10.0 Å². The molecule has 2 rings (SSSR count). The van der Waals surface area contributed by atoms with Crippen LogP contribution in [0, 0.1) is 0 Å². The van der Waals surface area contributed by atoms with Crippen molar-refractivity contribution >= 4 is 15.7 Å². The summed E-state index contributed by atoms with van der Waals surface area (Å²) in [4.78, 5) is 4.05. The molecular formula is C13H15N3O3S. The van der Waals surface area contributed by atoms with E-state index in [0.29, 0.717) is 12.1 Å². The number of aromatic hydroxyl groups is 1. The Kier molecular flexibility index (Phi) is 4.21. The molecule has 0 radical (unpaired) electrons. The zero-order chi connectivity index (χ0) is 14.6. The molecule has 0 aliphatic carbocycles. The van der Waals surface area contributed by atoms with Crippen molar-refractivity contribution in [3.63, 3.8) is 0 Å². The number of primary sulfonamides is 1. The van der Waals surface area contributed by atoms with Crippen LogP contribution in [0.15, 0.2) is 42.6 Å². The second-order valence-electron chi connectivity index (χ2n) is 4.37. The van der Waals surface area contributed by atoms with Gasteiger partial charge in [-0.25, -0.2) is 13.6 Å². The number of hydrogen-bond acceptors (Lipinski definition) is 5. The minimum atomic E-state index is -3.50. The number of anilines is 1. The van der Waals surface area contributed by atoms with E-state index in [4.69, 9.17) is 10.2 Å². The van der Waals surface area contributed by atoms with Crippen LogP contribution in [-0.2, 0) is 22.3 Å². The molecule has 106 valence electrons. The highest BCUT2D eigenvalue weighted by Crippen LogP contribution is 2.13. The molecule has 2 aromatic rings. The van der Waals surface area contributed by atoms with E-state index in [0.717, 1.165) is 11.4 Å². The summed E-state index contributed by atoms with van der Waals surface area (Å²) < 4.78 is 21.9. The van der Waals surface area contributed by atoms with Crippen molar-refractivity contribution in [1.82, 2.24) is 4.98 Å². The molecule has 0 fully saturated rings. The molecule has 0 unspecified atom stereocenters. The molecule has 0 amide bonds. The van der Waals surface area contributed by atoms with Crippen molar-refractivity contribution in [2.75, 3.05) is 5.32 Å². The number of hydrogen-bond donors (Lipinski definition) is 3. The van der Waals surface area contributed by atoms with Gasteiger partial charge in [-0.05, 0) is 29.8 Å². The molecule has 4 N–H and O–H groups in total. The number of sulfonamides is 1. The van der Waals surface area contributed by atoms with Crippen molar-refractivity contribution in [1.29, 1.82) is 0 Å². The minimum Gasteiger partial charge on any atom is -0.506 e. The fourth-order valence-corrected chi connectivity index (χ4v) is 2.32. The lowest BCUT2D eigenvalue weighted by atomic mass is 10.2. The summed E-state index contributed by atoms with van der Waals surface area (Å²) in [7, 11) is -3.50. The Bertz CT molecular complexity index is 667. The van der Waals surface area contributed by atoms with Crippen LogP contribution in [0.1, 0.15) is 11.3 Å². The van der Waals surface area contributed by atoms with Crippen molar-refractivity contribution in [3.8, 4) is 5.75 Å². The summed E-state index contributed by atoms with van der Waals surface area (Å²) in [6.45, 7) is 0.509. The highest BCUT2D eigenvalue weighted by atomic mass is 32.2. The highest BCUT2D eigenvalue weighted by molar-refractivity contribution is 7.88. The first-order valence-corrected chi connectivity index (χ1v) is 7.61. The first-order chi connectivity index (χ1) is 9.42. The normalized spacial score (nSPS) is 11.2. The summed E-state index contributed by atoms with van der Waals surface area (Å²) in [5, 5.41) is 17.2. The lowest BCUT2D eigenvalue weighted by Gasteiger charge is -2.07. The maximum atomic E-state index is 11.0. The van der Waals surface area contributed by atoms with Gasteiger partial charge in [-0.2, -0.15) is 0 Å². The molecule has 0 aliphatic rings. The first kappa shape index (κ1) is 14.3. The number of nitrogens with two attached hydrogens (primary N) is 1.